The van der Waals surface area contributed by atoms with Gasteiger partial charge in [0.1, 0.15) is 11.9 Å². The van der Waals surface area contributed by atoms with Crippen LogP contribution in [0.15, 0.2) is 24.3 Å². The van der Waals surface area contributed by atoms with E-state index in [4.69, 9.17) is 4.74 Å². The van der Waals surface area contributed by atoms with Gasteiger partial charge in [0, 0.05) is 6.04 Å². The van der Waals surface area contributed by atoms with Gasteiger partial charge in [0.25, 0.3) is 0 Å². The monoisotopic (exact) mass is 261 g/mol. The molecule has 0 bridgehead atoms. The van der Waals surface area contributed by atoms with Gasteiger partial charge in [-0.1, -0.05) is 25.5 Å². The zero-order valence-corrected chi connectivity index (χ0v) is 12.5. The van der Waals surface area contributed by atoms with Crippen LogP contribution in [0.2, 0.25) is 0 Å². The summed E-state index contributed by atoms with van der Waals surface area (Å²) in [4.78, 5) is 0. The van der Waals surface area contributed by atoms with Crippen molar-refractivity contribution >= 4 is 0 Å². The van der Waals surface area contributed by atoms with E-state index in [1.165, 1.54) is 37.7 Å². The molecule has 2 nitrogen and oxygen atoms in total. The number of rotatable bonds is 5. The van der Waals surface area contributed by atoms with Crippen molar-refractivity contribution in [3.05, 3.63) is 29.8 Å². The fourth-order valence-electron chi connectivity index (χ4n) is 2.99. The summed E-state index contributed by atoms with van der Waals surface area (Å²) in [7, 11) is 1.99. The first-order valence-electron chi connectivity index (χ1n) is 7.68. The van der Waals surface area contributed by atoms with Gasteiger partial charge in [0.05, 0.1) is 0 Å². The second-order valence-corrected chi connectivity index (χ2v) is 5.69. The molecule has 106 valence electrons. The van der Waals surface area contributed by atoms with Crippen LogP contribution in [0.25, 0.3) is 0 Å². The van der Waals surface area contributed by atoms with Crippen molar-refractivity contribution in [2.75, 3.05) is 7.05 Å². The average molecular weight is 261 g/mol. The van der Waals surface area contributed by atoms with E-state index >= 15 is 0 Å². The molecule has 1 saturated carbocycles. The van der Waals surface area contributed by atoms with Crippen LogP contribution in [0.5, 0.6) is 5.75 Å². The molecule has 0 aromatic heterocycles. The lowest BCUT2D eigenvalue weighted by molar-refractivity contribution is 0.0903. The Morgan fingerprint density at radius 1 is 1.32 bits per heavy atom. The highest BCUT2D eigenvalue weighted by Gasteiger charge is 2.25. The van der Waals surface area contributed by atoms with Gasteiger partial charge in [0.2, 0.25) is 0 Å². The minimum absolute atomic E-state index is 0.372. The minimum atomic E-state index is 0.372. The zero-order valence-electron chi connectivity index (χ0n) is 12.5. The third-order valence-corrected chi connectivity index (χ3v) is 4.44. The summed E-state index contributed by atoms with van der Waals surface area (Å²) in [5.41, 5.74) is 1.30. The molecule has 1 N–H and O–H groups in total. The molecular weight excluding hydrogens is 234 g/mol. The number of nitrogens with one attached hydrogen (secondary N) is 1. The lowest BCUT2D eigenvalue weighted by Gasteiger charge is -2.31. The summed E-state index contributed by atoms with van der Waals surface area (Å²) in [6.07, 6.45) is 6.87. The third-order valence-electron chi connectivity index (χ3n) is 4.44. The fraction of sp³-hybridized carbons (Fsp3) is 0.647. The predicted molar refractivity (Wildman–Crippen MR) is 80.6 cm³/mol. The van der Waals surface area contributed by atoms with E-state index in [1.807, 2.05) is 7.05 Å². The number of hydrogen-bond acceptors (Lipinski definition) is 2. The molecule has 0 radical (unpaired) electrons. The Hall–Kier alpha value is -1.02. The van der Waals surface area contributed by atoms with Crippen LogP contribution < -0.4 is 10.1 Å². The first kappa shape index (κ1) is 14.4. The second kappa shape index (κ2) is 6.95. The highest BCUT2D eigenvalue weighted by atomic mass is 16.5. The van der Waals surface area contributed by atoms with Gasteiger partial charge in [-0.25, -0.2) is 0 Å². The van der Waals surface area contributed by atoms with Crippen LogP contribution in [0.1, 0.15) is 57.6 Å². The molecule has 2 heteroatoms. The number of hydrogen-bond donors (Lipinski definition) is 1. The Kier molecular flexibility index (Phi) is 5.26. The summed E-state index contributed by atoms with van der Waals surface area (Å²) in [5, 5.41) is 3.28. The normalized spacial score (nSPS) is 25.0. The Balaban J connectivity index is 2.05. The topological polar surface area (TPSA) is 21.3 Å². The molecule has 0 saturated heterocycles. The Bertz CT molecular complexity index is 391. The van der Waals surface area contributed by atoms with E-state index < -0.39 is 0 Å². The van der Waals surface area contributed by atoms with Gasteiger partial charge in [0.15, 0.2) is 0 Å². The van der Waals surface area contributed by atoms with Crippen LogP contribution in [-0.2, 0) is 0 Å². The molecule has 1 aromatic rings. The van der Waals surface area contributed by atoms with Crippen LogP contribution in [0.4, 0.5) is 0 Å². The molecule has 1 aromatic carbocycles. The molecule has 3 unspecified atom stereocenters. The van der Waals surface area contributed by atoms with E-state index in [0.29, 0.717) is 12.1 Å². The van der Waals surface area contributed by atoms with Gasteiger partial charge in [-0.05, 0) is 63.3 Å². The number of ether oxygens (including phenoxy) is 1. The van der Waals surface area contributed by atoms with Crippen molar-refractivity contribution in [1.82, 2.24) is 5.32 Å². The summed E-state index contributed by atoms with van der Waals surface area (Å²) >= 11 is 0. The van der Waals surface area contributed by atoms with Crippen molar-refractivity contribution < 1.29 is 4.74 Å². The highest BCUT2D eigenvalue weighted by molar-refractivity contribution is 5.30. The van der Waals surface area contributed by atoms with Gasteiger partial charge in [-0.15, -0.1) is 0 Å². The smallest absolute Gasteiger partial charge is 0.120 e. The maximum absolute atomic E-state index is 6.27. The lowest BCUT2D eigenvalue weighted by atomic mass is 9.85. The number of benzene rings is 1. The van der Waals surface area contributed by atoms with Gasteiger partial charge in [-0.2, -0.15) is 0 Å². The van der Waals surface area contributed by atoms with Crippen LogP contribution in [0.3, 0.4) is 0 Å². The van der Waals surface area contributed by atoms with Crippen LogP contribution >= 0.6 is 0 Å². The average Bonchev–Trinajstić information content (AvgIpc) is 2.47. The molecule has 19 heavy (non-hydrogen) atoms. The van der Waals surface area contributed by atoms with Crippen molar-refractivity contribution in [2.24, 2.45) is 5.92 Å². The SMILES string of the molecule is CCC1CCCCC1Oc1cccc(C(C)NC)c1. The summed E-state index contributed by atoms with van der Waals surface area (Å²) in [6.45, 7) is 4.46. The Labute approximate surface area is 117 Å². The largest absolute Gasteiger partial charge is 0.490 e. The Morgan fingerprint density at radius 3 is 2.84 bits per heavy atom. The van der Waals surface area contributed by atoms with Crippen molar-refractivity contribution in [3.63, 3.8) is 0 Å². The fourth-order valence-corrected chi connectivity index (χ4v) is 2.99. The molecule has 2 rings (SSSR count). The molecular formula is C17H27NO. The molecule has 1 aliphatic rings. The first-order chi connectivity index (χ1) is 9.24. The zero-order chi connectivity index (χ0) is 13.7. The summed E-state index contributed by atoms with van der Waals surface area (Å²) < 4.78 is 6.27. The Morgan fingerprint density at radius 2 is 2.11 bits per heavy atom. The van der Waals surface area contributed by atoms with Crippen molar-refractivity contribution in [2.45, 2.75) is 58.1 Å². The van der Waals surface area contributed by atoms with E-state index in [-0.39, 0.29) is 0 Å². The second-order valence-electron chi connectivity index (χ2n) is 5.69. The maximum atomic E-state index is 6.27. The maximum Gasteiger partial charge on any atom is 0.120 e. The summed E-state index contributed by atoms with van der Waals surface area (Å²) in [5.74, 6) is 1.77. The minimum Gasteiger partial charge on any atom is -0.490 e. The van der Waals surface area contributed by atoms with Gasteiger partial charge in [-0.3, -0.25) is 0 Å². The quantitative estimate of drug-likeness (QED) is 0.852. The van der Waals surface area contributed by atoms with E-state index in [2.05, 4.69) is 43.4 Å². The van der Waals surface area contributed by atoms with Crippen LogP contribution in [0, 0.1) is 5.92 Å². The molecule has 0 aliphatic heterocycles. The van der Waals surface area contributed by atoms with E-state index in [1.54, 1.807) is 0 Å². The molecule has 0 amide bonds. The molecule has 0 spiro atoms. The molecule has 1 fully saturated rings. The first-order valence-corrected chi connectivity index (χ1v) is 7.68. The summed E-state index contributed by atoms with van der Waals surface area (Å²) in [6, 6.07) is 8.90. The van der Waals surface area contributed by atoms with E-state index in [0.717, 1.165) is 11.7 Å². The van der Waals surface area contributed by atoms with Gasteiger partial charge < -0.3 is 10.1 Å². The highest BCUT2D eigenvalue weighted by Crippen LogP contribution is 2.31. The lowest BCUT2D eigenvalue weighted by Crippen LogP contribution is -2.29. The molecule has 1 aliphatic carbocycles. The van der Waals surface area contributed by atoms with Crippen molar-refractivity contribution in [1.29, 1.82) is 0 Å². The van der Waals surface area contributed by atoms with Gasteiger partial charge >= 0.3 is 0 Å². The molecule has 3 atom stereocenters. The van der Waals surface area contributed by atoms with Crippen molar-refractivity contribution in [3.8, 4) is 5.75 Å². The third kappa shape index (κ3) is 3.73. The predicted octanol–water partition coefficient (Wildman–Crippen LogP) is 4.31. The van der Waals surface area contributed by atoms with Crippen LogP contribution in [-0.4, -0.2) is 13.2 Å². The van der Waals surface area contributed by atoms with E-state index in [9.17, 15) is 0 Å². The standard InChI is InChI=1S/C17H27NO/c1-4-14-8-5-6-11-17(14)19-16-10-7-9-15(12-16)13(2)18-3/h7,9-10,12-14,17-18H,4-6,8,11H2,1-3H3. The molecule has 0 heterocycles.